The summed E-state index contributed by atoms with van der Waals surface area (Å²) in [6.45, 7) is 1.69. The van der Waals surface area contributed by atoms with Gasteiger partial charge in [-0.1, -0.05) is 19.1 Å². The predicted octanol–water partition coefficient (Wildman–Crippen LogP) is 1.89. The van der Waals surface area contributed by atoms with Crippen LogP contribution in [0.15, 0.2) is 24.3 Å². The van der Waals surface area contributed by atoms with Gasteiger partial charge in [0.05, 0.1) is 6.07 Å². The Hall–Kier alpha value is -1.45. The van der Waals surface area contributed by atoms with Crippen molar-refractivity contribution in [1.29, 1.82) is 5.26 Å². The first-order chi connectivity index (χ1) is 8.41. The Kier molecular flexibility index (Phi) is 4.82. The Labute approximate surface area is 107 Å². The highest BCUT2D eigenvalue weighted by atomic mass is 32.2. The summed E-state index contributed by atoms with van der Waals surface area (Å²) in [7, 11) is -2.27. The van der Waals surface area contributed by atoms with Crippen molar-refractivity contribution in [1.82, 2.24) is 4.31 Å². The molecule has 0 heterocycles. The van der Waals surface area contributed by atoms with E-state index in [0.717, 1.165) is 4.31 Å². The molecule has 1 aromatic carbocycles. The molecular formula is C12H15FN2O2S. The van der Waals surface area contributed by atoms with E-state index in [9.17, 15) is 12.8 Å². The fraction of sp³-hybridized carbons (Fsp3) is 0.417. The van der Waals surface area contributed by atoms with Crippen LogP contribution < -0.4 is 0 Å². The zero-order valence-corrected chi connectivity index (χ0v) is 11.1. The molecule has 0 aliphatic carbocycles. The first-order valence-electron chi connectivity index (χ1n) is 5.51. The Bertz CT molecular complexity index is 551. The first kappa shape index (κ1) is 14.6. The van der Waals surface area contributed by atoms with E-state index in [1.165, 1.54) is 25.2 Å². The standard InChI is InChI=1S/C12H15FN2O2S/c1-3-12(8-14)18(16,17)15(2)9-10-5-4-6-11(13)7-10/h4-7,12H,3,9H2,1-2H3. The molecule has 0 aliphatic rings. The maximum Gasteiger partial charge on any atom is 0.230 e. The SMILES string of the molecule is CCC(C#N)S(=O)(=O)N(C)Cc1cccc(F)c1. The second-order valence-electron chi connectivity index (χ2n) is 3.96. The molecule has 18 heavy (non-hydrogen) atoms. The number of nitrogens with zero attached hydrogens (tertiary/aromatic N) is 2. The van der Waals surface area contributed by atoms with Gasteiger partial charge in [-0.2, -0.15) is 9.57 Å². The third-order valence-electron chi connectivity index (χ3n) is 2.60. The van der Waals surface area contributed by atoms with Crippen LogP contribution in [0.1, 0.15) is 18.9 Å². The van der Waals surface area contributed by atoms with Gasteiger partial charge in [0.25, 0.3) is 0 Å². The quantitative estimate of drug-likeness (QED) is 0.820. The molecule has 0 fully saturated rings. The second kappa shape index (κ2) is 5.94. The van der Waals surface area contributed by atoms with Gasteiger partial charge < -0.3 is 0 Å². The molecule has 4 nitrogen and oxygen atoms in total. The molecule has 0 N–H and O–H groups in total. The lowest BCUT2D eigenvalue weighted by atomic mass is 10.2. The topological polar surface area (TPSA) is 61.2 Å². The van der Waals surface area contributed by atoms with Crippen LogP contribution >= 0.6 is 0 Å². The van der Waals surface area contributed by atoms with Crippen molar-refractivity contribution in [3.63, 3.8) is 0 Å². The highest BCUT2D eigenvalue weighted by Gasteiger charge is 2.28. The van der Waals surface area contributed by atoms with Crippen molar-refractivity contribution < 1.29 is 12.8 Å². The molecule has 0 saturated heterocycles. The van der Waals surface area contributed by atoms with Crippen LogP contribution in [0.2, 0.25) is 0 Å². The smallest absolute Gasteiger partial charge is 0.211 e. The fourth-order valence-corrected chi connectivity index (χ4v) is 2.89. The first-order valence-corrected chi connectivity index (χ1v) is 7.01. The van der Waals surface area contributed by atoms with Gasteiger partial charge in [-0.05, 0) is 24.1 Å². The highest BCUT2D eigenvalue weighted by Crippen LogP contribution is 2.14. The van der Waals surface area contributed by atoms with Gasteiger partial charge in [0.2, 0.25) is 10.0 Å². The Morgan fingerprint density at radius 3 is 2.67 bits per heavy atom. The average molecular weight is 270 g/mol. The van der Waals surface area contributed by atoms with Gasteiger partial charge in [0, 0.05) is 13.6 Å². The minimum absolute atomic E-state index is 0.0538. The molecule has 1 aromatic rings. The summed E-state index contributed by atoms with van der Waals surface area (Å²) in [5.41, 5.74) is 0.550. The van der Waals surface area contributed by atoms with E-state index in [2.05, 4.69) is 0 Å². The molecule has 0 saturated carbocycles. The number of hydrogen-bond acceptors (Lipinski definition) is 3. The molecular weight excluding hydrogens is 255 g/mol. The summed E-state index contributed by atoms with van der Waals surface area (Å²) in [5.74, 6) is -0.411. The Morgan fingerprint density at radius 1 is 1.50 bits per heavy atom. The van der Waals surface area contributed by atoms with Gasteiger partial charge in [-0.25, -0.2) is 12.8 Å². The van der Waals surface area contributed by atoms with Gasteiger partial charge in [0.1, 0.15) is 5.82 Å². The van der Waals surface area contributed by atoms with Gasteiger partial charge >= 0.3 is 0 Å². The maximum absolute atomic E-state index is 13.0. The molecule has 0 radical (unpaired) electrons. The lowest BCUT2D eigenvalue weighted by molar-refractivity contribution is 0.459. The van der Waals surface area contributed by atoms with Crippen LogP contribution in [0.4, 0.5) is 4.39 Å². The second-order valence-corrected chi connectivity index (χ2v) is 6.18. The van der Waals surface area contributed by atoms with Crippen molar-refractivity contribution in [2.45, 2.75) is 25.1 Å². The minimum Gasteiger partial charge on any atom is -0.211 e. The molecule has 0 spiro atoms. The van der Waals surface area contributed by atoms with Crippen molar-refractivity contribution in [2.24, 2.45) is 0 Å². The summed E-state index contributed by atoms with van der Waals surface area (Å²) in [5, 5.41) is 7.75. The van der Waals surface area contributed by atoms with Crippen LogP contribution in [0.3, 0.4) is 0 Å². The number of sulfonamides is 1. The zero-order valence-electron chi connectivity index (χ0n) is 10.3. The number of halogens is 1. The van der Waals surface area contributed by atoms with Gasteiger partial charge in [-0.15, -0.1) is 0 Å². The normalized spacial score (nSPS) is 13.3. The summed E-state index contributed by atoms with van der Waals surface area (Å²) < 4.78 is 38.1. The van der Waals surface area contributed by atoms with E-state index in [0.29, 0.717) is 5.56 Å². The molecule has 0 bridgehead atoms. The summed E-state index contributed by atoms with van der Waals surface area (Å²) in [6.07, 6.45) is 0.228. The van der Waals surface area contributed by atoms with E-state index in [1.54, 1.807) is 19.1 Å². The molecule has 1 rings (SSSR count). The number of benzene rings is 1. The van der Waals surface area contributed by atoms with E-state index < -0.39 is 21.1 Å². The number of nitriles is 1. The molecule has 0 aliphatic heterocycles. The predicted molar refractivity (Wildman–Crippen MR) is 66.5 cm³/mol. The van der Waals surface area contributed by atoms with Crippen LogP contribution in [-0.4, -0.2) is 25.0 Å². The van der Waals surface area contributed by atoms with Crippen molar-refractivity contribution in [2.75, 3.05) is 7.05 Å². The Morgan fingerprint density at radius 2 is 2.17 bits per heavy atom. The fourth-order valence-electron chi connectivity index (χ4n) is 1.57. The number of rotatable bonds is 5. The monoisotopic (exact) mass is 270 g/mol. The van der Waals surface area contributed by atoms with Gasteiger partial charge in [-0.3, -0.25) is 0 Å². The third-order valence-corrected chi connectivity index (χ3v) is 4.76. The molecule has 0 aromatic heterocycles. The summed E-state index contributed by atoms with van der Waals surface area (Å²) in [4.78, 5) is 0. The van der Waals surface area contributed by atoms with Crippen LogP contribution in [0.25, 0.3) is 0 Å². The van der Waals surface area contributed by atoms with Crippen molar-refractivity contribution >= 4 is 10.0 Å². The van der Waals surface area contributed by atoms with Crippen LogP contribution in [0, 0.1) is 17.1 Å². The van der Waals surface area contributed by atoms with Crippen LogP contribution in [0.5, 0.6) is 0 Å². The third kappa shape index (κ3) is 3.28. The molecule has 1 atom stereocenters. The molecule has 6 heteroatoms. The molecule has 1 unspecified atom stereocenters. The highest BCUT2D eigenvalue weighted by molar-refractivity contribution is 7.89. The van der Waals surface area contributed by atoms with E-state index >= 15 is 0 Å². The van der Waals surface area contributed by atoms with E-state index in [4.69, 9.17) is 5.26 Å². The molecule has 98 valence electrons. The largest absolute Gasteiger partial charge is 0.230 e. The maximum atomic E-state index is 13.0. The minimum atomic E-state index is -3.66. The van der Waals surface area contributed by atoms with Crippen molar-refractivity contribution in [3.8, 4) is 6.07 Å². The van der Waals surface area contributed by atoms with Crippen molar-refractivity contribution in [3.05, 3.63) is 35.6 Å². The van der Waals surface area contributed by atoms with Gasteiger partial charge in [0.15, 0.2) is 5.25 Å². The lowest BCUT2D eigenvalue weighted by Gasteiger charge is -2.19. The lowest BCUT2D eigenvalue weighted by Crippen LogP contribution is -2.34. The number of hydrogen-bond donors (Lipinski definition) is 0. The van der Waals surface area contributed by atoms with E-state index in [1.807, 2.05) is 0 Å². The average Bonchev–Trinajstić information content (AvgIpc) is 2.30. The van der Waals surface area contributed by atoms with Crippen LogP contribution in [-0.2, 0) is 16.6 Å². The summed E-state index contributed by atoms with van der Waals surface area (Å²) in [6, 6.07) is 7.50. The molecule has 0 amide bonds. The van der Waals surface area contributed by atoms with E-state index in [-0.39, 0.29) is 13.0 Å². The zero-order chi connectivity index (χ0) is 13.8. The Balaban J connectivity index is 2.89. The summed E-state index contributed by atoms with van der Waals surface area (Å²) >= 11 is 0.